The summed E-state index contributed by atoms with van der Waals surface area (Å²) in [5.41, 5.74) is 2.70. The van der Waals surface area contributed by atoms with E-state index in [2.05, 4.69) is 19.6 Å². The number of alkyl halides is 2. The van der Waals surface area contributed by atoms with Crippen molar-refractivity contribution >= 4 is 9.73 Å². The highest BCUT2D eigenvalue weighted by Crippen LogP contribution is 2.60. The highest BCUT2D eigenvalue weighted by molar-refractivity contribution is 7.93. The van der Waals surface area contributed by atoms with Gasteiger partial charge in [0.15, 0.2) is 0 Å². The van der Waals surface area contributed by atoms with Crippen LogP contribution in [0.2, 0.25) is 0 Å². The number of hydrogen-bond donors (Lipinski definition) is 3. The lowest BCUT2D eigenvalue weighted by Gasteiger charge is -2.45. The van der Waals surface area contributed by atoms with Crippen LogP contribution in [0.3, 0.4) is 0 Å². The largest absolute Gasteiger partial charge is 0.393 e. The maximum atomic E-state index is 15.3. The molecule has 3 fully saturated rings. The molecule has 3 aliphatic carbocycles. The zero-order valence-electron chi connectivity index (χ0n) is 21.3. The molecule has 7 atom stereocenters. The molecule has 0 bridgehead atoms. The molecular weight excluding hydrogens is 480 g/mol. The second kappa shape index (κ2) is 10.1. The van der Waals surface area contributed by atoms with Crippen LogP contribution < -0.4 is 0 Å². The second-order valence-corrected chi connectivity index (χ2v) is 13.5. The highest BCUT2D eigenvalue weighted by atomic mass is 32.2. The molecular formula is C29H39F2NO3S. The average Bonchev–Trinajstić information content (AvgIpc) is 3.18. The minimum Gasteiger partial charge on any atom is -0.393 e. The summed E-state index contributed by atoms with van der Waals surface area (Å²) in [7, 11) is -4.26. The van der Waals surface area contributed by atoms with Crippen molar-refractivity contribution in [1.29, 1.82) is 4.78 Å². The van der Waals surface area contributed by atoms with Crippen LogP contribution in [-0.4, -0.2) is 31.9 Å². The van der Waals surface area contributed by atoms with Gasteiger partial charge in [0, 0.05) is 12.8 Å². The topological polar surface area (TPSA) is 81.4 Å². The predicted molar refractivity (Wildman–Crippen MR) is 139 cm³/mol. The number of allylic oxidation sites excluding steroid dienone is 3. The summed E-state index contributed by atoms with van der Waals surface area (Å²) in [6, 6.07) is 7.46. The number of nitrogens with one attached hydrogen (secondary N) is 1. The van der Waals surface area contributed by atoms with Gasteiger partial charge in [-0.15, -0.1) is 0 Å². The van der Waals surface area contributed by atoms with E-state index in [-0.39, 0.29) is 28.1 Å². The van der Waals surface area contributed by atoms with Crippen LogP contribution in [0.15, 0.2) is 70.7 Å². The van der Waals surface area contributed by atoms with Gasteiger partial charge in [-0.2, -0.15) is 8.78 Å². The van der Waals surface area contributed by atoms with E-state index in [4.69, 9.17) is 4.78 Å². The Morgan fingerprint density at radius 1 is 1.25 bits per heavy atom. The Hall–Kier alpha value is -1.83. The van der Waals surface area contributed by atoms with Gasteiger partial charge in [0.2, 0.25) is 0 Å². The minimum absolute atomic E-state index is 0.0593. The van der Waals surface area contributed by atoms with Gasteiger partial charge in [0.05, 0.1) is 17.1 Å². The van der Waals surface area contributed by atoms with Gasteiger partial charge < -0.3 is 10.2 Å². The Labute approximate surface area is 214 Å². The monoisotopic (exact) mass is 519 g/mol. The summed E-state index contributed by atoms with van der Waals surface area (Å²) in [5.74, 6) is -0.0274. The minimum atomic E-state index is -4.26. The average molecular weight is 520 g/mol. The summed E-state index contributed by atoms with van der Waals surface area (Å²) in [5, 5.41) is 16.6. The first-order valence-electron chi connectivity index (χ1n) is 13.0. The number of hydrogen-bond acceptors (Lipinski definition) is 4. The molecule has 4 nitrogen and oxygen atoms in total. The number of aliphatic hydroxyl groups excluding tert-OH is 2. The number of fused-ring (bicyclic) bond motifs is 1. The quantitative estimate of drug-likeness (QED) is 0.384. The molecule has 1 aromatic carbocycles. The number of benzene rings is 1. The Balaban J connectivity index is 1.53. The first-order chi connectivity index (χ1) is 16.9. The fraction of sp³-hybridized carbons (Fsp3) is 0.586. The SMILES string of the molecule is C=C1/C(=C\C=C2/CCC[C@]3(C)[C@@H]([C@H](C)CC(F)(F)S(=N)(=O)c4ccccc4)CC[C@@H]23)C[C@@H](O)C[C@@H]1O. The van der Waals surface area contributed by atoms with E-state index in [9.17, 15) is 14.4 Å². The summed E-state index contributed by atoms with van der Waals surface area (Å²) in [6.45, 7) is 8.05. The van der Waals surface area contributed by atoms with Gasteiger partial charge in [-0.25, -0.2) is 8.99 Å². The van der Waals surface area contributed by atoms with E-state index >= 15 is 8.78 Å². The molecule has 4 rings (SSSR count). The lowest BCUT2D eigenvalue weighted by molar-refractivity contribution is 0.0272. The molecule has 3 aliphatic rings. The van der Waals surface area contributed by atoms with Crippen molar-refractivity contribution in [2.45, 2.75) is 87.6 Å². The first-order valence-corrected chi connectivity index (χ1v) is 14.6. The van der Waals surface area contributed by atoms with Gasteiger partial charge in [-0.05, 0) is 85.0 Å². The molecule has 3 N–H and O–H groups in total. The predicted octanol–water partition coefficient (Wildman–Crippen LogP) is 6.85. The molecule has 0 amide bonds. The van der Waals surface area contributed by atoms with E-state index < -0.39 is 33.6 Å². The molecule has 0 heterocycles. The van der Waals surface area contributed by atoms with Gasteiger partial charge in [0.1, 0.15) is 9.73 Å². The third-order valence-electron chi connectivity index (χ3n) is 9.04. The standard InChI is InChI=1S/C29H39F2NO3S/c1-19(18-29(30,31)36(32,35)24-9-5-4-6-10-24)25-13-14-26-21(8-7-15-28(25,26)3)11-12-22-16-23(33)17-27(34)20(22)2/h4-6,9-12,19,23,25-27,32-34H,2,7-8,13-18H2,1,3H3/b21-11+,22-12-/t19-,23-,25-,26+,27+,28-,36?/m1/s1. The summed E-state index contributed by atoms with van der Waals surface area (Å²) in [4.78, 5) is -0.117. The van der Waals surface area contributed by atoms with Crippen molar-refractivity contribution < 1.29 is 23.2 Å². The van der Waals surface area contributed by atoms with Gasteiger partial charge in [0.25, 0.3) is 0 Å². The number of halogens is 2. The molecule has 1 aromatic rings. The zero-order chi connectivity index (χ0) is 26.3. The van der Waals surface area contributed by atoms with E-state index in [1.165, 1.54) is 17.7 Å². The number of rotatable bonds is 6. The van der Waals surface area contributed by atoms with E-state index in [0.29, 0.717) is 18.4 Å². The molecule has 0 spiro atoms. The number of aliphatic hydroxyl groups is 2. The lowest BCUT2D eigenvalue weighted by Crippen LogP contribution is -2.39. The molecule has 0 saturated heterocycles. The van der Waals surface area contributed by atoms with Crippen LogP contribution in [-0.2, 0) is 9.73 Å². The van der Waals surface area contributed by atoms with Crippen LogP contribution in [0.1, 0.15) is 65.2 Å². The molecule has 0 aliphatic heterocycles. The molecule has 3 saturated carbocycles. The maximum Gasteiger partial charge on any atom is 0.332 e. The summed E-state index contributed by atoms with van der Waals surface area (Å²) >= 11 is 0. The maximum absolute atomic E-state index is 15.3. The van der Waals surface area contributed by atoms with Gasteiger partial charge in [-0.3, -0.25) is 0 Å². The third-order valence-corrected chi connectivity index (χ3v) is 11.0. The van der Waals surface area contributed by atoms with Crippen LogP contribution in [0.25, 0.3) is 0 Å². The second-order valence-electron chi connectivity index (χ2n) is 11.4. The van der Waals surface area contributed by atoms with Gasteiger partial charge in [-0.1, -0.05) is 56.4 Å². The Morgan fingerprint density at radius 2 is 1.94 bits per heavy atom. The molecule has 198 valence electrons. The lowest BCUT2D eigenvalue weighted by atomic mass is 9.61. The third kappa shape index (κ3) is 4.99. The van der Waals surface area contributed by atoms with Crippen molar-refractivity contribution in [3.63, 3.8) is 0 Å². The van der Waals surface area contributed by atoms with E-state index in [0.717, 1.165) is 37.7 Å². The Kier molecular flexibility index (Phi) is 7.67. The summed E-state index contributed by atoms with van der Waals surface area (Å²) in [6.07, 6.45) is 7.67. The van der Waals surface area contributed by atoms with E-state index in [1.807, 2.05) is 13.0 Å². The molecule has 0 radical (unpaired) electrons. The molecule has 7 heteroatoms. The van der Waals surface area contributed by atoms with Crippen molar-refractivity contribution in [3.8, 4) is 0 Å². The van der Waals surface area contributed by atoms with Crippen molar-refractivity contribution in [1.82, 2.24) is 0 Å². The normalized spacial score (nSPS) is 36.0. The Morgan fingerprint density at radius 3 is 2.64 bits per heavy atom. The molecule has 1 unspecified atom stereocenters. The van der Waals surface area contributed by atoms with Crippen LogP contribution in [0.4, 0.5) is 8.78 Å². The fourth-order valence-corrected chi connectivity index (χ4v) is 8.48. The first kappa shape index (κ1) is 27.2. The van der Waals surface area contributed by atoms with Crippen molar-refractivity contribution in [2.24, 2.45) is 23.2 Å². The molecule has 36 heavy (non-hydrogen) atoms. The Bertz CT molecular complexity index is 1140. The molecule has 0 aromatic heterocycles. The van der Waals surface area contributed by atoms with Gasteiger partial charge >= 0.3 is 5.25 Å². The highest BCUT2D eigenvalue weighted by Gasteiger charge is 2.53. The smallest absolute Gasteiger partial charge is 0.332 e. The zero-order valence-corrected chi connectivity index (χ0v) is 22.1. The van der Waals surface area contributed by atoms with Crippen LogP contribution >= 0.6 is 0 Å². The van der Waals surface area contributed by atoms with E-state index in [1.54, 1.807) is 18.2 Å². The summed E-state index contributed by atoms with van der Waals surface area (Å²) < 4.78 is 51.7. The van der Waals surface area contributed by atoms with Crippen molar-refractivity contribution in [3.05, 3.63) is 65.8 Å². The fourth-order valence-electron chi connectivity index (χ4n) is 7.10. The van der Waals surface area contributed by atoms with Crippen LogP contribution in [0.5, 0.6) is 0 Å². The van der Waals surface area contributed by atoms with Crippen molar-refractivity contribution in [2.75, 3.05) is 0 Å². The van der Waals surface area contributed by atoms with Crippen LogP contribution in [0, 0.1) is 27.9 Å².